The summed E-state index contributed by atoms with van der Waals surface area (Å²) in [6.45, 7) is 3.45. The van der Waals surface area contributed by atoms with Crippen LogP contribution >= 0.6 is 15.9 Å². The highest BCUT2D eigenvalue weighted by Gasteiger charge is 2.08. The number of pyridine rings is 1. The Labute approximate surface area is 132 Å². The molecular weight excluding hydrogens is 332 g/mol. The van der Waals surface area contributed by atoms with E-state index in [4.69, 9.17) is 4.74 Å². The summed E-state index contributed by atoms with van der Waals surface area (Å²) in [6, 6.07) is 9.43. The van der Waals surface area contributed by atoms with Crippen molar-refractivity contribution < 1.29 is 9.53 Å². The summed E-state index contributed by atoms with van der Waals surface area (Å²) in [4.78, 5) is 15.8. The van der Waals surface area contributed by atoms with E-state index in [1.807, 2.05) is 25.1 Å². The van der Waals surface area contributed by atoms with Crippen LogP contribution in [0.4, 0.5) is 0 Å². The minimum atomic E-state index is -0.334. The fraction of sp³-hybridized carbons (Fsp3) is 0.250. The van der Waals surface area contributed by atoms with Crippen molar-refractivity contribution >= 4 is 21.9 Å². The number of nitrogens with zero attached hydrogens (tertiary/aromatic N) is 1. The number of halogens is 1. The smallest absolute Gasteiger partial charge is 0.337 e. The van der Waals surface area contributed by atoms with Gasteiger partial charge in [0.05, 0.1) is 18.4 Å². The van der Waals surface area contributed by atoms with Crippen molar-refractivity contribution in [1.82, 2.24) is 10.3 Å². The number of carbonyl (C=O) groups excluding carboxylic acids is 1. The van der Waals surface area contributed by atoms with Crippen LogP contribution in [0.2, 0.25) is 0 Å². The normalized spacial score (nSPS) is 10.4. The van der Waals surface area contributed by atoms with Gasteiger partial charge < -0.3 is 10.1 Å². The Morgan fingerprint density at radius 1 is 1.33 bits per heavy atom. The van der Waals surface area contributed by atoms with Gasteiger partial charge in [-0.25, -0.2) is 4.79 Å². The Balaban J connectivity index is 1.98. The lowest BCUT2D eigenvalue weighted by Crippen LogP contribution is -2.15. The number of aromatic nitrogens is 1. The largest absolute Gasteiger partial charge is 0.465 e. The van der Waals surface area contributed by atoms with Crippen LogP contribution in [0.25, 0.3) is 0 Å². The third-order valence-corrected chi connectivity index (χ3v) is 3.94. The van der Waals surface area contributed by atoms with Crippen LogP contribution in [0.1, 0.15) is 27.2 Å². The molecular formula is C16H17BrN2O2. The van der Waals surface area contributed by atoms with Crippen LogP contribution in [-0.2, 0) is 17.8 Å². The molecule has 5 heteroatoms. The van der Waals surface area contributed by atoms with Gasteiger partial charge in [0.15, 0.2) is 0 Å². The molecule has 2 rings (SSSR count). The molecule has 2 aromatic rings. The van der Waals surface area contributed by atoms with Crippen molar-refractivity contribution in [2.75, 3.05) is 7.11 Å². The van der Waals surface area contributed by atoms with Crippen LogP contribution < -0.4 is 5.32 Å². The lowest BCUT2D eigenvalue weighted by Gasteiger charge is -2.09. The van der Waals surface area contributed by atoms with E-state index in [2.05, 4.69) is 26.2 Å². The second-order valence-electron chi connectivity index (χ2n) is 4.67. The van der Waals surface area contributed by atoms with Crippen molar-refractivity contribution in [3.8, 4) is 0 Å². The second kappa shape index (κ2) is 7.33. The minimum Gasteiger partial charge on any atom is -0.465 e. The highest BCUT2D eigenvalue weighted by molar-refractivity contribution is 9.10. The van der Waals surface area contributed by atoms with Crippen LogP contribution in [-0.4, -0.2) is 18.1 Å². The summed E-state index contributed by atoms with van der Waals surface area (Å²) in [5.74, 6) is -0.334. The van der Waals surface area contributed by atoms with Crippen LogP contribution in [0.3, 0.4) is 0 Å². The number of hydrogen-bond donors (Lipinski definition) is 1. The summed E-state index contributed by atoms with van der Waals surface area (Å²) in [7, 11) is 1.38. The number of methoxy groups -OCH3 is 1. The van der Waals surface area contributed by atoms with Gasteiger partial charge in [0.2, 0.25) is 0 Å². The lowest BCUT2D eigenvalue weighted by molar-refractivity contribution is 0.0600. The van der Waals surface area contributed by atoms with Gasteiger partial charge in [-0.2, -0.15) is 0 Å². The third-order valence-electron chi connectivity index (χ3n) is 3.20. The molecule has 0 aliphatic heterocycles. The van der Waals surface area contributed by atoms with Crippen molar-refractivity contribution in [3.63, 3.8) is 0 Å². The average molecular weight is 349 g/mol. The van der Waals surface area contributed by atoms with Crippen molar-refractivity contribution in [3.05, 3.63) is 63.4 Å². The number of carbonyl (C=O) groups is 1. The zero-order valence-corrected chi connectivity index (χ0v) is 13.6. The first-order chi connectivity index (χ1) is 10.1. The molecule has 0 aliphatic rings. The second-order valence-corrected chi connectivity index (χ2v) is 5.52. The number of hydrogen-bond acceptors (Lipinski definition) is 4. The first kappa shape index (κ1) is 15.7. The van der Waals surface area contributed by atoms with Gasteiger partial charge in [0, 0.05) is 23.8 Å². The highest BCUT2D eigenvalue weighted by atomic mass is 79.9. The Bertz CT molecular complexity index is 644. The van der Waals surface area contributed by atoms with E-state index in [9.17, 15) is 4.79 Å². The van der Waals surface area contributed by atoms with E-state index in [-0.39, 0.29) is 5.97 Å². The summed E-state index contributed by atoms with van der Waals surface area (Å²) in [5, 5.41) is 3.35. The number of rotatable bonds is 5. The van der Waals surface area contributed by atoms with Crippen molar-refractivity contribution in [1.29, 1.82) is 0 Å². The van der Waals surface area contributed by atoms with Gasteiger partial charge in [-0.1, -0.05) is 28.1 Å². The number of benzene rings is 1. The van der Waals surface area contributed by atoms with Crippen LogP contribution in [0, 0.1) is 6.92 Å². The highest BCUT2D eigenvalue weighted by Crippen LogP contribution is 2.19. The molecule has 1 aromatic heterocycles. The maximum absolute atomic E-state index is 11.4. The molecule has 0 atom stereocenters. The number of nitrogens with one attached hydrogen (secondary N) is 1. The average Bonchev–Trinajstić information content (AvgIpc) is 2.50. The molecule has 1 heterocycles. The Hall–Kier alpha value is -1.72. The monoisotopic (exact) mass is 348 g/mol. The Kier molecular flexibility index (Phi) is 5.47. The maximum Gasteiger partial charge on any atom is 0.337 e. The standard InChI is InChI=1S/C16H17BrN2O2/c1-11-4-3-7-19-15(11)10-18-9-13-6-5-12(8-14(13)17)16(20)21-2/h3-8,18H,9-10H2,1-2H3. The number of ether oxygens (including phenoxy) is 1. The molecule has 0 radical (unpaired) electrons. The van der Waals surface area contributed by atoms with Gasteiger partial charge >= 0.3 is 5.97 Å². The molecule has 110 valence electrons. The van der Waals surface area contributed by atoms with Gasteiger partial charge in [0.25, 0.3) is 0 Å². The number of esters is 1. The molecule has 0 saturated carbocycles. The third kappa shape index (κ3) is 4.12. The van der Waals surface area contributed by atoms with Crippen LogP contribution in [0.5, 0.6) is 0 Å². The van der Waals surface area contributed by atoms with E-state index >= 15 is 0 Å². The van der Waals surface area contributed by atoms with Gasteiger partial charge in [-0.3, -0.25) is 4.98 Å². The zero-order valence-electron chi connectivity index (χ0n) is 12.0. The summed E-state index contributed by atoms with van der Waals surface area (Å²) < 4.78 is 5.58. The predicted octanol–water partition coefficient (Wildman–Crippen LogP) is 3.23. The number of aryl methyl sites for hydroxylation is 1. The SMILES string of the molecule is COC(=O)c1ccc(CNCc2ncccc2C)c(Br)c1. The van der Waals surface area contributed by atoms with Gasteiger partial charge in [0.1, 0.15) is 0 Å². The van der Waals surface area contributed by atoms with Gasteiger partial charge in [-0.05, 0) is 36.2 Å². The van der Waals surface area contributed by atoms with E-state index in [1.165, 1.54) is 12.7 Å². The van der Waals surface area contributed by atoms with E-state index in [0.717, 1.165) is 15.7 Å². The Morgan fingerprint density at radius 3 is 2.81 bits per heavy atom. The molecule has 0 saturated heterocycles. The molecule has 4 nitrogen and oxygen atoms in total. The van der Waals surface area contributed by atoms with Gasteiger partial charge in [-0.15, -0.1) is 0 Å². The predicted molar refractivity (Wildman–Crippen MR) is 85.0 cm³/mol. The summed E-state index contributed by atoms with van der Waals surface area (Å²) in [6.07, 6.45) is 1.80. The Morgan fingerprint density at radius 2 is 2.14 bits per heavy atom. The topological polar surface area (TPSA) is 51.2 Å². The molecule has 0 amide bonds. The molecule has 0 spiro atoms. The quantitative estimate of drug-likeness (QED) is 0.842. The first-order valence-corrected chi connectivity index (χ1v) is 7.39. The van der Waals surface area contributed by atoms with Crippen molar-refractivity contribution in [2.45, 2.75) is 20.0 Å². The summed E-state index contributed by atoms with van der Waals surface area (Å²) >= 11 is 3.48. The van der Waals surface area contributed by atoms with Crippen LogP contribution in [0.15, 0.2) is 41.0 Å². The maximum atomic E-state index is 11.4. The lowest BCUT2D eigenvalue weighted by atomic mass is 10.1. The first-order valence-electron chi connectivity index (χ1n) is 6.59. The summed E-state index contributed by atoms with van der Waals surface area (Å²) in [5.41, 5.74) is 3.83. The molecule has 0 unspecified atom stereocenters. The molecule has 21 heavy (non-hydrogen) atoms. The van der Waals surface area contributed by atoms with E-state index < -0.39 is 0 Å². The minimum absolute atomic E-state index is 0.334. The molecule has 0 fully saturated rings. The van der Waals surface area contributed by atoms with Crippen molar-refractivity contribution in [2.24, 2.45) is 0 Å². The fourth-order valence-corrected chi connectivity index (χ4v) is 2.47. The fourth-order valence-electron chi connectivity index (χ4n) is 1.95. The zero-order chi connectivity index (χ0) is 15.2. The molecule has 1 N–H and O–H groups in total. The molecule has 1 aromatic carbocycles. The molecule has 0 bridgehead atoms. The van der Waals surface area contributed by atoms with E-state index in [1.54, 1.807) is 18.3 Å². The molecule has 0 aliphatic carbocycles. The van der Waals surface area contributed by atoms with E-state index in [0.29, 0.717) is 18.7 Å².